The van der Waals surface area contributed by atoms with Gasteiger partial charge >= 0.3 is 0 Å². The molecule has 3 heteroatoms. The summed E-state index contributed by atoms with van der Waals surface area (Å²) in [6.45, 7) is 0.226. The Morgan fingerprint density at radius 3 is 2.67 bits per heavy atom. The maximum absolute atomic E-state index is 9.69. The van der Waals surface area contributed by atoms with E-state index in [0.29, 0.717) is 0 Å². The van der Waals surface area contributed by atoms with Gasteiger partial charge in [-0.25, -0.2) is 0 Å². The van der Waals surface area contributed by atoms with Crippen LogP contribution in [0.2, 0.25) is 0 Å². The molecule has 0 aliphatic carbocycles. The third-order valence-corrected chi connectivity index (χ3v) is 2.08. The molecule has 0 saturated carbocycles. The fraction of sp³-hybridized carbons (Fsp3) is 0.167. The molecule has 0 aliphatic rings. The lowest BCUT2D eigenvalue weighted by molar-refractivity contribution is 0.107. The monoisotopic (exact) mass is 204 g/mol. The van der Waals surface area contributed by atoms with Crippen molar-refractivity contribution in [3.63, 3.8) is 0 Å². The minimum atomic E-state index is -0.649. The Hall–Kier alpha value is -1.74. The van der Waals surface area contributed by atoms with Gasteiger partial charge in [-0.2, -0.15) is 0 Å². The van der Waals surface area contributed by atoms with Crippen molar-refractivity contribution in [1.29, 1.82) is 0 Å². The summed E-state index contributed by atoms with van der Waals surface area (Å²) in [5.74, 6) is 0.750. The number of aliphatic hydroxyl groups is 1. The highest BCUT2D eigenvalue weighted by Gasteiger charge is 2.09. The van der Waals surface area contributed by atoms with E-state index in [9.17, 15) is 5.11 Å². The van der Waals surface area contributed by atoms with Crippen molar-refractivity contribution in [1.82, 2.24) is 0 Å². The second kappa shape index (κ2) is 4.66. The van der Waals surface area contributed by atoms with Crippen molar-refractivity contribution in [3.05, 3.63) is 54.5 Å². The summed E-state index contributed by atoms with van der Waals surface area (Å²) in [6.07, 6.45) is 2.39. The second-order valence-corrected chi connectivity index (χ2v) is 3.20. The van der Waals surface area contributed by atoms with Crippen LogP contribution in [-0.2, 0) is 0 Å². The first-order valence-corrected chi connectivity index (χ1v) is 4.74. The molecule has 1 heterocycles. The molecular weight excluding hydrogens is 192 g/mol. The zero-order valence-electron chi connectivity index (χ0n) is 8.17. The van der Waals surface area contributed by atoms with Crippen molar-refractivity contribution < 1.29 is 14.3 Å². The van der Waals surface area contributed by atoms with Crippen LogP contribution in [0.5, 0.6) is 5.75 Å². The number of hydrogen-bond donors (Lipinski definition) is 1. The second-order valence-electron chi connectivity index (χ2n) is 3.20. The maximum atomic E-state index is 9.69. The topological polar surface area (TPSA) is 42.6 Å². The van der Waals surface area contributed by atoms with Gasteiger partial charge in [-0.1, -0.05) is 18.2 Å². The first kappa shape index (κ1) is 9.80. The van der Waals surface area contributed by atoms with Crippen LogP contribution in [0.25, 0.3) is 0 Å². The predicted octanol–water partition coefficient (Wildman–Crippen LogP) is 2.39. The van der Waals surface area contributed by atoms with Crippen LogP contribution in [-0.4, -0.2) is 11.7 Å². The van der Waals surface area contributed by atoms with Gasteiger partial charge in [-0.3, -0.25) is 0 Å². The Balaban J connectivity index is 1.89. The third kappa shape index (κ3) is 2.60. The molecule has 15 heavy (non-hydrogen) atoms. The Labute approximate surface area is 87.9 Å². The Kier molecular flexibility index (Phi) is 3.05. The van der Waals surface area contributed by atoms with Crippen molar-refractivity contribution >= 4 is 0 Å². The predicted molar refractivity (Wildman–Crippen MR) is 55.6 cm³/mol. The number of ether oxygens (including phenoxy) is 1. The minimum Gasteiger partial charge on any atom is -0.491 e. The molecule has 2 aromatic rings. The van der Waals surface area contributed by atoms with Gasteiger partial charge in [-0.05, 0) is 18.2 Å². The molecule has 0 bridgehead atoms. The molecule has 2 rings (SSSR count). The first-order chi connectivity index (χ1) is 7.36. The van der Waals surface area contributed by atoms with Crippen LogP contribution < -0.4 is 4.74 Å². The van der Waals surface area contributed by atoms with Crippen molar-refractivity contribution in [2.45, 2.75) is 6.10 Å². The fourth-order valence-corrected chi connectivity index (χ4v) is 1.25. The summed E-state index contributed by atoms with van der Waals surface area (Å²) in [5.41, 5.74) is 0.728. The molecule has 0 aliphatic heterocycles. The van der Waals surface area contributed by atoms with Crippen molar-refractivity contribution in [3.8, 4) is 5.75 Å². The highest BCUT2D eigenvalue weighted by Crippen LogP contribution is 2.15. The Morgan fingerprint density at radius 2 is 2.00 bits per heavy atom. The molecular formula is C12H12O3. The van der Waals surface area contributed by atoms with Crippen LogP contribution in [0.15, 0.2) is 53.3 Å². The van der Waals surface area contributed by atoms with Crippen LogP contribution in [0.3, 0.4) is 0 Å². The number of benzene rings is 1. The van der Waals surface area contributed by atoms with E-state index in [4.69, 9.17) is 9.15 Å². The fourth-order valence-electron chi connectivity index (χ4n) is 1.25. The van der Waals surface area contributed by atoms with Gasteiger partial charge in [-0.15, -0.1) is 0 Å². The lowest BCUT2D eigenvalue weighted by atomic mass is 10.2. The lowest BCUT2D eigenvalue weighted by Crippen LogP contribution is -2.08. The van der Waals surface area contributed by atoms with E-state index in [1.807, 2.05) is 30.3 Å². The van der Waals surface area contributed by atoms with Gasteiger partial charge in [0, 0.05) is 5.56 Å². The molecule has 3 nitrogen and oxygen atoms in total. The van der Waals surface area contributed by atoms with E-state index in [1.165, 1.54) is 12.5 Å². The summed E-state index contributed by atoms with van der Waals surface area (Å²) in [5, 5.41) is 9.69. The van der Waals surface area contributed by atoms with Crippen LogP contribution in [0.1, 0.15) is 11.7 Å². The number of aliphatic hydroxyl groups excluding tert-OH is 1. The average molecular weight is 204 g/mol. The number of rotatable bonds is 4. The molecule has 0 fully saturated rings. The molecule has 1 N–H and O–H groups in total. The molecule has 0 saturated heterocycles. The minimum absolute atomic E-state index is 0.226. The van der Waals surface area contributed by atoms with E-state index in [2.05, 4.69) is 0 Å². The normalized spacial score (nSPS) is 12.3. The van der Waals surface area contributed by atoms with E-state index in [1.54, 1.807) is 6.07 Å². The van der Waals surface area contributed by atoms with Crippen LogP contribution in [0.4, 0.5) is 0 Å². The Morgan fingerprint density at radius 1 is 1.20 bits per heavy atom. The molecule has 78 valence electrons. The number of hydrogen-bond acceptors (Lipinski definition) is 3. The maximum Gasteiger partial charge on any atom is 0.119 e. The number of para-hydroxylation sites is 1. The number of furan rings is 1. The largest absolute Gasteiger partial charge is 0.491 e. The van der Waals surface area contributed by atoms with Crippen LogP contribution >= 0.6 is 0 Å². The van der Waals surface area contributed by atoms with Crippen molar-refractivity contribution in [2.75, 3.05) is 6.61 Å². The van der Waals surface area contributed by atoms with E-state index in [-0.39, 0.29) is 6.61 Å². The van der Waals surface area contributed by atoms with Gasteiger partial charge < -0.3 is 14.3 Å². The van der Waals surface area contributed by atoms with E-state index >= 15 is 0 Å². The average Bonchev–Trinajstić information content (AvgIpc) is 2.81. The van der Waals surface area contributed by atoms with Gasteiger partial charge in [0.25, 0.3) is 0 Å². The summed E-state index contributed by atoms with van der Waals surface area (Å²) >= 11 is 0. The molecule has 0 spiro atoms. The summed E-state index contributed by atoms with van der Waals surface area (Å²) in [7, 11) is 0. The molecule has 1 aromatic carbocycles. The molecule has 0 amide bonds. The van der Waals surface area contributed by atoms with Gasteiger partial charge in [0.2, 0.25) is 0 Å². The molecule has 1 aromatic heterocycles. The van der Waals surface area contributed by atoms with Gasteiger partial charge in [0.15, 0.2) is 0 Å². The zero-order chi connectivity index (χ0) is 10.5. The standard InChI is InChI=1S/C12H12O3/c13-12(10-6-7-14-8-10)9-15-11-4-2-1-3-5-11/h1-8,12-13H,9H2. The Bertz CT molecular complexity index is 381. The smallest absolute Gasteiger partial charge is 0.119 e. The lowest BCUT2D eigenvalue weighted by Gasteiger charge is -2.10. The zero-order valence-corrected chi connectivity index (χ0v) is 8.17. The first-order valence-electron chi connectivity index (χ1n) is 4.74. The van der Waals surface area contributed by atoms with Gasteiger partial charge in [0.1, 0.15) is 18.5 Å². The summed E-state index contributed by atoms with van der Waals surface area (Å²) in [4.78, 5) is 0. The quantitative estimate of drug-likeness (QED) is 0.831. The summed E-state index contributed by atoms with van der Waals surface area (Å²) in [6, 6.07) is 11.1. The highest BCUT2D eigenvalue weighted by atomic mass is 16.5. The van der Waals surface area contributed by atoms with E-state index in [0.717, 1.165) is 11.3 Å². The van der Waals surface area contributed by atoms with Crippen LogP contribution in [0, 0.1) is 0 Å². The molecule has 1 unspecified atom stereocenters. The third-order valence-electron chi connectivity index (χ3n) is 2.08. The van der Waals surface area contributed by atoms with Gasteiger partial charge in [0.05, 0.1) is 12.5 Å². The molecule has 0 radical (unpaired) electrons. The highest BCUT2D eigenvalue weighted by molar-refractivity contribution is 5.21. The molecule has 1 atom stereocenters. The summed E-state index contributed by atoms with van der Waals surface area (Å²) < 4.78 is 10.3. The van der Waals surface area contributed by atoms with E-state index < -0.39 is 6.10 Å². The SMILES string of the molecule is OC(COc1ccccc1)c1ccoc1. The van der Waals surface area contributed by atoms with Crippen molar-refractivity contribution in [2.24, 2.45) is 0 Å².